The van der Waals surface area contributed by atoms with E-state index < -0.39 is 0 Å². The molecule has 1 fully saturated rings. The van der Waals surface area contributed by atoms with Gasteiger partial charge < -0.3 is 0 Å². The summed E-state index contributed by atoms with van der Waals surface area (Å²) in [7, 11) is 0. The fourth-order valence-electron chi connectivity index (χ4n) is 2.28. The number of hydrogen-bond acceptors (Lipinski definition) is 1. The minimum absolute atomic E-state index is 0.258. The van der Waals surface area contributed by atoms with Crippen molar-refractivity contribution in [3.8, 4) is 0 Å². The molecule has 1 rings (SSSR count). The quantitative estimate of drug-likeness (QED) is 0.606. The monoisotopic (exact) mass is 224 g/mol. The summed E-state index contributed by atoms with van der Waals surface area (Å²) in [5.41, 5.74) is 0.598. The Bertz CT molecular complexity index is 209. The summed E-state index contributed by atoms with van der Waals surface area (Å²) < 4.78 is 0. The highest BCUT2D eigenvalue weighted by atomic mass is 16.1. The second-order valence-corrected chi connectivity index (χ2v) is 4.93. The average Bonchev–Trinajstić information content (AvgIpc) is 2.68. The number of ketones is 1. The molecule has 1 heteroatoms. The minimum Gasteiger partial charge on any atom is -0.300 e. The van der Waals surface area contributed by atoms with Crippen LogP contribution in [-0.4, -0.2) is 5.78 Å². The van der Waals surface area contributed by atoms with E-state index in [4.69, 9.17) is 0 Å². The molecule has 1 nitrogen and oxygen atoms in total. The van der Waals surface area contributed by atoms with Gasteiger partial charge in [0.1, 0.15) is 5.78 Å². The third-order valence-corrected chi connectivity index (χ3v) is 3.30. The van der Waals surface area contributed by atoms with E-state index >= 15 is 0 Å². The summed E-state index contributed by atoms with van der Waals surface area (Å²) in [4.78, 5) is 10.7. The van der Waals surface area contributed by atoms with Crippen LogP contribution in [0.15, 0.2) is 12.2 Å². The first kappa shape index (κ1) is 15.4. The molecule has 0 unspecified atom stereocenters. The molecule has 0 aromatic rings. The molecule has 0 spiro atoms. The summed E-state index contributed by atoms with van der Waals surface area (Å²) in [5.74, 6) is 0.258. The van der Waals surface area contributed by atoms with Crippen molar-refractivity contribution in [2.45, 2.75) is 72.6 Å². The van der Waals surface area contributed by atoms with Crippen molar-refractivity contribution in [1.82, 2.24) is 0 Å². The van der Waals surface area contributed by atoms with Gasteiger partial charge >= 0.3 is 0 Å². The second-order valence-electron chi connectivity index (χ2n) is 4.93. The van der Waals surface area contributed by atoms with Crippen molar-refractivity contribution in [2.24, 2.45) is 5.41 Å². The van der Waals surface area contributed by atoms with E-state index in [-0.39, 0.29) is 5.78 Å². The predicted octanol–water partition coefficient (Wildman–Crippen LogP) is 4.91. The highest BCUT2D eigenvalue weighted by Crippen LogP contribution is 2.41. The van der Waals surface area contributed by atoms with Crippen molar-refractivity contribution in [2.75, 3.05) is 0 Å². The van der Waals surface area contributed by atoms with E-state index in [9.17, 15) is 4.79 Å². The van der Waals surface area contributed by atoms with Crippen molar-refractivity contribution in [3.05, 3.63) is 12.2 Å². The van der Waals surface area contributed by atoms with Gasteiger partial charge in [-0.15, -0.1) is 0 Å². The van der Waals surface area contributed by atoms with Gasteiger partial charge in [-0.3, -0.25) is 4.79 Å². The molecule has 1 aliphatic carbocycles. The molecule has 0 amide bonds. The minimum atomic E-state index is 0.258. The smallest absolute Gasteiger partial charge is 0.133 e. The molecule has 0 heterocycles. The Morgan fingerprint density at radius 1 is 1.19 bits per heavy atom. The Kier molecular flexibility index (Phi) is 8.23. The number of carbonyl (C=O) groups is 1. The van der Waals surface area contributed by atoms with Crippen LogP contribution < -0.4 is 0 Å². The molecule has 94 valence electrons. The van der Waals surface area contributed by atoms with Crippen LogP contribution in [0.5, 0.6) is 0 Å². The zero-order chi connectivity index (χ0) is 12.4. The molecule has 1 aliphatic rings. The van der Waals surface area contributed by atoms with Gasteiger partial charge in [-0.1, -0.05) is 45.8 Å². The molecule has 1 saturated carbocycles. The Balaban J connectivity index is 0.00000106. The molecular formula is C15H28O. The predicted molar refractivity (Wildman–Crippen MR) is 71.6 cm³/mol. The first-order valence-electron chi connectivity index (χ1n) is 6.77. The molecule has 0 N–H and O–H groups in total. The third-order valence-electron chi connectivity index (χ3n) is 3.30. The van der Waals surface area contributed by atoms with Crippen molar-refractivity contribution in [3.63, 3.8) is 0 Å². The number of carbonyl (C=O) groups excluding carboxylic acids is 1. The average molecular weight is 224 g/mol. The highest BCUT2D eigenvalue weighted by molar-refractivity contribution is 5.76. The van der Waals surface area contributed by atoms with Crippen LogP contribution in [-0.2, 0) is 4.79 Å². The maximum Gasteiger partial charge on any atom is 0.133 e. The summed E-state index contributed by atoms with van der Waals surface area (Å²) in [6, 6.07) is 0. The van der Waals surface area contributed by atoms with Gasteiger partial charge in [-0.25, -0.2) is 0 Å². The van der Waals surface area contributed by atoms with Gasteiger partial charge in [0, 0.05) is 6.42 Å². The topological polar surface area (TPSA) is 17.1 Å². The Hall–Kier alpha value is -0.590. The van der Waals surface area contributed by atoms with Crippen molar-refractivity contribution >= 4 is 5.78 Å². The Morgan fingerprint density at radius 3 is 2.25 bits per heavy atom. The molecule has 0 aliphatic heterocycles. The van der Waals surface area contributed by atoms with Crippen LogP contribution in [0, 0.1) is 5.41 Å². The van der Waals surface area contributed by atoms with Crippen LogP contribution in [0.1, 0.15) is 72.6 Å². The maximum absolute atomic E-state index is 10.7. The molecule has 16 heavy (non-hydrogen) atoms. The molecule has 0 aromatic carbocycles. The van der Waals surface area contributed by atoms with Crippen LogP contribution in [0.4, 0.5) is 0 Å². The van der Waals surface area contributed by atoms with Crippen LogP contribution >= 0.6 is 0 Å². The third kappa shape index (κ3) is 6.81. The first-order valence-corrected chi connectivity index (χ1v) is 6.77. The maximum atomic E-state index is 10.7. The lowest BCUT2D eigenvalue weighted by molar-refractivity contribution is -0.116. The van der Waals surface area contributed by atoms with Gasteiger partial charge in [0.05, 0.1) is 0 Å². The highest BCUT2D eigenvalue weighted by Gasteiger charge is 2.27. The molecule has 0 saturated heterocycles. The van der Waals surface area contributed by atoms with Crippen molar-refractivity contribution < 1.29 is 4.79 Å². The number of allylic oxidation sites excluding steroid dienone is 2. The van der Waals surface area contributed by atoms with Crippen LogP contribution in [0.3, 0.4) is 0 Å². The first-order chi connectivity index (χ1) is 7.62. The molecular weight excluding hydrogens is 196 g/mol. The molecule has 0 bridgehead atoms. The van der Waals surface area contributed by atoms with Crippen LogP contribution in [0.25, 0.3) is 0 Å². The van der Waals surface area contributed by atoms with E-state index in [0.717, 1.165) is 6.42 Å². The van der Waals surface area contributed by atoms with E-state index in [1.807, 2.05) is 19.9 Å². The molecule has 0 atom stereocenters. The summed E-state index contributed by atoms with van der Waals surface area (Å²) in [6.07, 6.45) is 12.8. The fourth-order valence-corrected chi connectivity index (χ4v) is 2.28. The SMILES string of the molecule is CC.CC(=O)C/C=C/CCC1(C)CCCC1. The van der Waals surface area contributed by atoms with Gasteiger partial charge in [0.25, 0.3) is 0 Å². The van der Waals surface area contributed by atoms with E-state index in [1.165, 1.54) is 32.1 Å². The normalized spacial score (nSPS) is 18.2. The number of hydrogen-bond donors (Lipinski definition) is 0. The lowest BCUT2D eigenvalue weighted by atomic mass is 9.84. The number of rotatable bonds is 5. The van der Waals surface area contributed by atoms with Crippen LogP contribution in [0.2, 0.25) is 0 Å². The summed E-state index contributed by atoms with van der Waals surface area (Å²) in [6.45, 7) is 8.04. The number of Topliss-reactive ketones (excluding diaryl/α,β-unsaturated/α-hetero) is 1. The zero-order valence-electron chi connectivity index (χ0n) is 11.5. The fraction of sp³-hybridized carbons (Fsp3) is 0.800. The lowest BCUT2D eigenvalue weighted by Crippen LogP contribution is -2.09. The summed E-state index contributed by atoms with van der Waals surface area (Å²) in [5, 5.41) is 0. The van der Waals surface area contributed by atoms with Crippen molar-refractivity contribution in [1.29, 1.82) is 0 Å². The largest absolute Gasteiger partial charge is 0.300 e. The van der Waals surface area contributed by atoms with E-state index in [2.05, 4.69) is 13.0 Å². The Labute approximate surface area is 101 Å². The van der Waals surface area contributed by atoms with Gasteiger partial charge in [-0.2, -0.15) is 0 Å². The zero-order valence-corrected chi connectivity index (χ0v) is 11.5. The van der Waals surface area contributed by atoms with E-state index in [0.29, 0.717) is 11.8 Å². The molecule has 0 aromatic heterocycles. The van der Waals surface area contributed by atoms with E-state index in [1.54, 1.807) is 6.92 Å². The Morgan fingerprint density at radius 2 is 1.75 bits per heavy atom. The molecule has 0 radical (unpaired) electrons. The second kappa shape index (κ2) is 8.55. The van der Waals surface area contributed by atoms with Gasteiger partial charge in [0.15, 0.2) is 0 Å². The van der Waals surface area contributed by atoms with Gasteiger partial charge in [0.2, 0.25) is 0 Å². The standard InChI is InChI=1S/C13H22O.C2H6/c1-12(14)8-4-3-5-9-13(2)10-6-7-11-13;1-2/h3-4H,5-11H2,1-2H3;1-2H3/b4-3+;. The lowest BCUT2D eigenvalue weighted by Gasteiger charge is -2.22. The summed E-state index contributed by atoms with van der Waals surface area (Å²) >= 11 is 0. The van der Waals surface area contributed by atoms with Gasteiger partial charge in [-0.05, 0) is 38.0 Å².